The predicted octanol–water partition coefficient (Wildman–Crippen LogP) is 4.97. The molecule has 1 rings (SSSR count). The summed E-state index contributed by atoms with van der Waals surface area (Å²) in [5, 5.41) is 0. The third-order valence-corrected chi connectivity index (χ3v) is 8.30. The van der Waals surface area contributed by atoms with Gasteiger partial charge < -0.3 is 4.43 Å². The fourth-order valence-corrected chi connectivity index (χ4v) is 4.91. The number of benzene rings is 1. The Morgan fingerprint density at radius 2 is 1.75 bits per heavy atom. The van der Waals surface area contributed by atoms with Crippen LogP contribution in [0.5, 0.6) is 5.75 Å². The quantitative estimate of drug-likeness (QED) is 0.698. The second-order valence-corrected chi connectivity index (χ2v) is 9.44. The lowest BCUT2D eigenvalue weighted by molar-refractivity contribution is 0.477. The van der Waals surface area contributed by atoms with Crippen LogP contribution in [-0.4, -0.2) is 8.32 Å². The van der Waals surface area contributed by atoms with Crippen LogP contribution in [0.15, 0.2) is 22.7 Å². The van der Waals surface area contributed by atoms with Crippen LogP contribution in [-0.2, 0) is 0 Å². The molecule has 1 aromatic carbocycles. The van der Waals surface area contributed by atoms with Gasteiger partial charge in [0.1, 0.15) is 0 Å². The van der Waals surface area contributed by atoms with E-state index in [1.165, 1.54) is 6.07 Å². The number of halogens is 2. The number of rotatable bonds is 5. The lowest BCUT2D eigenvalue weighted by Crippen LogP contribution is -2.39. The topological polar surface area (TPSA) is 9.23 Å². The zero-order valence-corrected chi connectivity index (χ0v) is 12.6. The van der Waals surface area contributed by atoms with Crippen LogP contribution < -0.4 is 4.43 Å². The summed E-state index contributed by atoms with van der Waals surface area (Å²) in [5.74, 6) is 0.112. The molecule has 0 aliphatic heterocycles. The van der Waals surface area contributed by atoms with Crippen molar-refractivity contribution in [3.63, 3.8) is 0 Å². The van der Waals surface area contributed by atoms with Crippen molar-refractivity contribution >= 4 is 24.2 Å². The Morgan fingerprint density at radius 1 is 1.19 bits per heavy atom. The molecule has 0 N–H and O–H groups in total. The summed E-state index contributed by atoms with van der Waals surface area (Å²) in [5.41, 5.74) is 0. The minimum Gasteiger partial charge on any atom is -0.541 e. The summed E-state index contributed by atoms with van der Waals surface area (Å²) < 4.78 is 20.4. The van der Waals surface area contributed by atoms with Crippen molar-refractivity contribution in [3.8, 4) is 5.75 Å². The van der Waals surface area contributed by atoms with E-state index in [4.69, 9.17) is 4.43 Å². The Hall–Kier alpha value is -0.353. The van der Waals surface area contributed by atoms with E-state index in [0.717, 1.165) is 18.1 Å². The molecule has 0 aromatic heterocycles. The van der Waals surface area contributed by atoms with Crippen molar-refractivity contribution in [1.82, 2.24) is 0 Å². The Balaban J connectivity index is 3.02. The summed E-state index contributed by atoms with van der Waals surface area (Å²) >= 11 is 3.34. The van der Waals surface area contributed by atoms with Gasteiger partial charge in [-0.05, 0) is 46.2 Å². The first-order valence-corrected chi connectivity index (χ1v) is 9.03. The molecule has 0 aliphatic carbocycles. The molecule has 0 radical (unpaired) electrons. The molecule has 0 atom stereocenters. The molecule has 0 saturated heterocycles. The molecule has 1 aromatic rings. The molecule has 0 bridgehead atoms. The molecule has 0 saturated carbocycles. The molecule has 0 spiro atoms. The van der Waals surface area contributed by atoms with E-state index in [0.29, 0.717) is 10.2 Å². The van der Waals surface area contributed by atoms with Crippen molar-refractivity contribution < 1.29 is 8.82 Å². The first-order valence-electron chi connectivity index (χ1n) is 5.71. The van der Waals surface area contributed by atoms with E-state index < -0.39 is 8.32 Å². The fraction of sp³-hybridized carbons (Fsp3) is 0.500. The van der Waals surface area contributed by atoms with Crippen molar-refractivity contribution in [2.24, 2.45) is 0 Å². The second kappa shape index (κ2) is 5.82. The van der Waals surface area contributed by atoms with Crippen LogP contribution in [0.2, 0.25) is 18.1 Å². The first kappa shape index (κ1) is 13.7. The summed E-state index contributed by atoms with van der Waals surface area (Å²) in [7, 11) is -1.79. The van der Waals surface area contributed by atoms with Gasteiger partial charge in [-0.2, -0.15) is 0 Å². The van der Waals surface area contributed by atoms with Crippen LogP contribution in [0.3, 0.4) is 0 Å². The summed E-state index contributed by atoms with van der Waals surface area (Å²) in [6.45, 7) is 6.40. The number of hydrogen-bond acceptors (Lipinski definition) is 1. The van der Waals surface area contributed by atoms with E-state index in [2.05, 4.69) is 36.7 Å². The van der Waals surface area contributed by atoms with Gasteiger partial charge >= 0.3 is 0 Å². The molecule has 16 heavy (non-hydrogen) atoms. The highest BCUT2D eigenvalue weighted by Gasteiger charge is 2.32. The summed E-state index contributed by atoms with van der Waals surface area (Å²) in [4.78, 5) is 0. The van der Waals surface area contributed by atoms with Crippen LogP contribution in [0.1, 0.15) is 20.8 Å². The third kappa shape index (κ3) is 2.86. The largest absolute Gasteiger partial charge is 0.541 e. The van der Waals surface area contributed by atoms with Crippen LogP contribution in [0.4, 0.5) is 4.39 Å². The third-order valence-electron chi connectivity index (χ3n) is 3.17. The SMILES string of the molecule is CC[Si](CC)(CC)Oc1c(F)cccc1Br. The van der Waals surface area contributed by atoms with E-state index in [-0.39, 0.29) is 5.82 Å². The van der Waals surface area contributed by atoms with E-state index >= 15 is 0 Å². The zero-order chi connectivity index (χ0) is 12.2. The van der Waals surface area contributed by atoms with Crippen LogP contribution >= 0.6 is 15.9 Å². The predicted molar refractivity (Wildman–Crippen MR) is 71.9 cm³/mol. The highest BCUT2D eigenvalue weighted by Crippen LogP contribution is 2.33. The Kier molecular flexibility index (Phi) is 4.99. The molecular formula is C12H18BrFOSi. The highest BCUT2D eigenvalue weighted by atomic mass is 79.9. The van der Waals surface area contributed by atoms with Gasteiger partial charge in [0.25, 0.3) is 8.32 Å². The van der Waals surface area contributed by atoms with Crippen molar-refractivity contribution in [2.45, 2.75) is 38.9 Å². The maximum Gasteiger partial charge on any atom is 0.250 e. The zero-order valence-electron chi connectivity index (χ0n) is 10.0. The van der Waals surface area contributed by atoms with E-state index in [1.54, 1.807) is 6.07 Å². The lowest BCUT2D eigenvalue weighted by atomic mass is 10.3. The van der Waals surface area contributed by atoms with Gasteiger partial charge in [-0.1, -0.05) is 26.8 Å². The van der Waals surface area contributed by atoms with E-state index in [9.17, 15) is 4.39 Å². The van der Waals surface area contributed by atoms with Crippen LogP contribution in [0.25, 0.3) is 0 Å². The minimum atomic E-state index is -1.79. The first-order chi connectivity index (χ1) is 7.58. The van der Waals surface area contributed by atoms with Crippen LogP contribution in [0, 0.1) is 5.82 Å². The fourth-order valence-electron chi connectivity index (χ4n) is 1.76. The maximum atomic E-state index is 13.7. The number of hydrogen-bond donors (Lipinski definition) is 0. The molecule has 0 unspecified atom stereocenters. The second-order valence-electron chi connectivity index (χ2n) is 3.90. The average Bonchev–Trinajstić information content (AvgIpc) is 2.30. The van der Waals surface area contributed by atoms with Gasteiger partial charge in [0.15, 0.2) is 11.6 Å². The van der Waals surface area contributed by atoms with Gasteiger partial charge in [-0.25, -0.2) is 4.39 Å². The van der Waals surface area contributed by atoms with Gasteiger partial charge in [0.05, 0.1) is 4.47 Å². The van der Waals surface area contributed by atoms with Gasteiger partial charge in [-0.15, -0.1) is 0 Å². The molecule has 4 heteroatoms. The molecule has 0 aliphatic rings. The average molecular weight is 305 g/mol. The smallest absolute Gasteiger partial charge is 0.250 e. The van der Waals surface area contributed by atoms with Gasteiger partial charge in [0.2, 0.25) is 0 Å². The molecule has 0 heterocycles. The molecule has 1 nitrogen and oxygen atoms in total. The molecule has 0 amide bonds. The molecule has 90 valence electrons. The summed E-state index contributed by atoms with van der Waals surface area (Å²) in [6.07, 6.45) is 0. The van der Waals surface area contributed by atoms with Crippen molar-refractivity contribution in [2.75, 3.05) is 0 Å². The maximum absolute atomic E-state index is 13.7. The van der Waals surface area contributed by atoms with Gasteiger partial charge in [0, 0.05) is 0 Å². The number of para-hydroxylation sites is 1. The normalized spacial score (nSPS) is 11.6. The highest BCUT2D eigenvalue weighted by molar-refractivity contribution is 9.10. The Morgan fingerprint density at radius 3 is 2.19 bits per heavy atom. The van der Waals surface area contributed by atoms with Crippen molar-refractivity contribution in [3.05, 3.63) is 28.5 Å². The Bertz CT molecular complexity index is 324. The standard InChI is InChI=1S/C12H18BrFOSi/c1-4-16(5-2,6-3)15-12-10(13)8-7-9-11(12)14/h7-9H,4-6H2,1-3H3. The molecular weight excluding hydrogens is 287 g/mol. The van der Waals surface area contributed by atoms with Crippen molar-refractivity contribution in [1.29, 1.82) is 0 Å². The minimum absolute atomic E-state index is 0.276. The molecule has 0 fully saturated rings. The summed E-state index contributed by atoms with van der Waals surface area (Å²) in [6, 6.07) is 7.99. The monoisotopic (exact) mass is 304 g/mol. The van der Waals surface area contributed by atoms with Gasteiger partial charge in [-0.3, -0.25) is 0 Å². The lowest BCUT2D eigenvalue weighted by Gasteiger charge is -2.29. The van der Waals surface area contributed by atoms with E-state index in [1.807, 2.05) is 6.07 Å². The Labute approximate surface area is 106 Å².